The maximum Gasteiger partial charge on any atom is 0.332 e. The molecule has 5 N–H and O–H groups in total. The fourth-order valence-corrected chi connectivity index (χ4v) is 5.40. The van der Waals surface area contributed by atoms with E-state index in [1.54, 1.807) is 6.92 Å². The number of hydrogen-bond acceptors (Lipinski definition) is 7. The van der Waals surface area contributed by atoms with E-state index in [0.717, 1.165) is 36.2 Å². The van der Waals surface area contributed by atoms with Crippen molar-refractivity contribution in [2.45, 2.75) is 129 Å². The van der Waals surface area contributed by atoms with Gasteiger partial charge in [0, 0.05) is 18.8 Å². The van der Waals surface area contributed by atoms with Crippen LogP contribution in [0.1, 0.15) is 111 Å². The van der Waals surface area contributed by atoms with Crippen LogP contribution in [0.3, 0.4) is 0 Å². The molecule has 1 heterocycles. The molecule has 0 radical (unpaired) electrons. The third kappa shape index (κ3) is 16.1. The summed E-state index contributed by atoms with van der Waals surface area (Å²) in [7, 11) is 1.35. The second-order valence-corrected chi connectivity index (χ2v) is 13.0. The van der Waals surface area contributed by atoms with Crippen LogP contribution in [0, 0.1) is 17.8 Å². The zero-order valence-corrected chi connectivity index (χ0v) is 28.1. The standard InChI is InChI=1S/C34H58N4O7/c1-23(2)18-16-14-12-10-8-7-9-11-13-15-17-19-24(3)31-26(5)33(43)36-25(4)20-21-28(40)38(6)22-27(39)37-29(34(44)45-31)30(41)32(35)42/h20-21,23-24,26,29-31,41H,4,7-19,22H2,1-3,5-6H3,(H2,35,42)(H,36,43)(H,37,39)/b21-20+/t24-,26+,29+,30-,31+/m1/s1. The Hall–Kier alpha value is -3.21. The van der Waals surface area contributed by atoms with E-state index in [2.05, 4.69) is 31.1 Å². The Morgan fingerprint density at radius 3 is 1.98 bits per heavy atom. The zero-order chi connectivity index (χ0) is 33.9. The van der Waals surface area contributed by atoms with Crippen molar-refractivity contribution >= 4 is 29.6 Å². The van der Waals surface area contributed by atoms with E-state index in [1.807, 2.05) is 6.92 Å². The second-order valence-electron chi connectivity index (χ2n) is 13.0. The third-order valence-electron chi connectivity index (χ3n) is 8.31. The number of esters is 1. The molecule has 0 bridgehead atoms. The smallest absolute Gasteiger partial charge is 0.332 e. The first-order valence-electron chi connectivity index (χ1n) is 16.6. The average molecular weight is 635 g/mol. The average Bonchev–Trinajstić information content (AvgIpc) is 2.97. The highest BCUT2D eigenvalue weighted by Gasteiger charge is 2.39. The van der Waals surface area contributed by atoms with Crippen molar-refractivity contribution in [3.05, 3.63) is 24.4 Å². The molecule has 5 atom stereocenters. The van der Waals surface area contributed by atoms with Crippen LogP contribution in [-0.4, -0.2) is 71.4 Å². The van der Waals surface area contributed by atoms with Gasteiger partial charge in [-0.05, 0) is 24.3 Å². The first-order chi connectivity index (χ1) is 21.2. The zero-order valence-electron chi connectivity index (χ0n) is 28.1. The Balaban J connectivity index is 2.81. The number of allylic oxidation sites excluding steroid dienone is 1. The van der Waals surface area contributed by atoms with Gasteiger partial charge in [-0.2, -0.15) is 0 Å². The highest BCUT2D eigenvalue weighted by atomic mass is 16.5. The lowest BCUT2D eigenvalue weighted by atomic mass is 9.88. The number of aliphatic hydroxyl groups is 1. The number of nitrogens with zero attached hydrogens (tertiary/aromatic N) is 1. The molecule has 0 fully saturated rings. The number of primary amides is 1. The number of nitrogens with one attached hydrogen (secondary N) is 2. The lowest BCUT2D eigenvalue weighted by molar-refractivity contribution is -0.165. The van der Waals surface area contributed by atoms with Crippen molar-refractivity contribution in [2.75, 3.05) is 13.6 Å². The highest BCUT2D eigenvalue weighted by Crippen LogP contribution is 2.25. The lowest BCUT2D eigenvalue weighted by Gasteiger charge is -2.31. The number of likely N-dealkylation sites (N-methyl/N-ethyl adjacent to an activating group) is 1. The fourth-order valence-electron chi connectivity index (χ4n) is 5.40. The molecule has 1 rings (SSSR count). The molecule has 0 unspecified atom stereocenters. The van der Waals surface area contributed by atoms with Gasteiger partial charge in [-0.15, -0.1) is 0 Å². The SMILES string of the molecule is C=C1/C=C/C(=O)N(C)CC(=O)N[C@@H]([C@@H](O)C(N)=O)C(=O)O[C@@H]([C@H](C)CCCCCCCCCCCCCC(C)C)[C@H](C)C(=O)N1. The second kappa shape index (κ2) is 21.5. The molecule has 0 aromatic rings. The largest absolute Gasteiger partial charge is 0.460 e. The maximum atomic E-state index is 13.3. The Morgan fingerprint density at radius 2 is 1.47 bits per heavy atom. The number of amides is 4. The molecule has 0 spiro atoms. The molecule has 11 heteroatoms. The van der Waals surface area contributed by atoms with E-state index in [9.17, 15) is 29.1 Å². The Bertz CT molecular complexity index is 1010. The molecule has 1 aliphatic heterocycles. The van der Waals surface area contributed by atoms with Gasteiger partial charge in [0.25, 0.3) is 0 Å². The summed E-state index contributed by atoms with van der Waals surface area (Å²) in [5.41, 5.74) is 5.39. The molecule has 45 heavy (non-hydrogen) atoms. The van der Waals surface area contributed by atoms with Crippen molar-refractivity contribution < 1.29 is 33.8 Å². The van der Waals surface area contributed by atoms with Crippen LogP contribution in [0.15, 0.2) is 24.4 Å². The molecule has 0 saturated heterocycles. The number of ether oxygens (including phenoxy) is 1. The van der Waals surface area contributed by atoms with E-state index in [4.69, 9.17) is 10.5 Å². The molecular weight excluding hydrogens is 576 g/mol. The summed E-state index contributed by atoms with van der Waals surface area (Å²) in [4.78, 5) is 64.2. The lowest BCUT2D eigenvalue weighted by Crippen LogP contribution is -2.57. The number of aliphatic hydroxyl groups excluding tert-OH is 1. The molecule has 1 aliphatic rings. The summed E-state index contributed by atoms with van der Waals surface area (Å²) < 4.78 is 5.75. The number of nitrogens with two attached hydrogens (primary N) is 1. The number of carbonyl (C=O) groups excluding carboxylic acids is 5. The predicted octanol–water partition coefficient (Wildman–Crippen LogP) is 3.89. The Kier molecular flexibility index (Phi) is 19.0. The molecule has 11 nitrogen and oxygen atoms in total. The van der Waals surface area contributed by atoms with Gasteiger partial charge in [0.05, 0.1) is 12.5 Å². The van der Waals surface area contributed by atoms with E-state index in [1.165, 1.54) is 70.9 Å². The van der Waals surface area contributed by atoms with Crippen LogP contribution >= 0.6 is 0 Å². The first kappa shape index (κ1) is 39.8. The minimum atomic E-state index is -2.08. The van der Waals surface area contributed by atoms with Crippen LogP contribution in [0.2, 0.25) is 0 Å². The van der Waals surface area contributed by atoms with Gasteiger partial charge in [0.1, 0.15) is 6.10 Å². The number of cyclic esters (lactones) is 1. The number of unbranched alkanes of at least 4 members (excludes halogenated alkanes) is 10. The maximum absolute atomic E-state index is 13.3. The highest BCUT2D eigenvalue weighted by molar-refractivity contribution is 5.95. The van der Waals surface area contributed by atoms with Crippen molar-refractivity contribution in [3.8, 4) is 0 Å². The summed E-state index contributed by atoms with van der Waals surface area (Å²) in [5.74, 6) is -4.55. The summed E-state index contributed by atoms with van der Waals surface area (Å²) in [6.45, 7) is 11.3. The summed E-state index contributed by atoms with van der Waals surface area (Å²) >= 11 is 0. The fraction of sp³-hybridized carbons (Fsp3) is 0.735. The number of carbonyl (C=O) groups is 5. The van der Waals surface area contributed by atoms with E-state index in [0.29, 0.717) is 6.42 Å². The summed E-state index contributed by atoms with van der Waals surface area (Å²) in [6.07, 6.45) is 14.6. The van der Waals surface area contributed by atoms with E-state index < -0.39 is 60.3 Å². The predicted molar refractivity (Wildman–Crippen MR) is 174 cm³/mol. The van der Waals surface area contributed by atoms with Crippen molar-refractivity contribution in [1.29, 1.82) is 0 Å². The topological polar surface area (TPSA) is 168 Å². The van der Waals surface area contributed by atoms with Crippen LogP contribution in [0.5, 0.6) is 0 Å². The molecular formula is C34H58N4O7. The van der Waals surface area contributed by atoms with Gasteiger partial charge in [-0.1, -0.05) is 111 Å². The minimum absolute atomic E-state index is 0.152. The Morgan fingerprint density at radius 1 is 0.956 bits per heavy atom. The van der Waals surface area contributed by atoms with Gasteiger partial charge in [-0.3, -0.25) is 19.2 Å². The quantitative estimate of drug-likeness (QED) is 0.139. The molecule has 0 saturated carbocycles. The van der Waals surface area contributed by atoms with Gasteiger partial charge in [0.2, 0.25) is 23.6 Å². The van der Waals surface area contributed by atoms with Crippen LogP contribution in [0.4, 0.5) is 0 Å². The van der Waals surface area contributed by atoms with Crippen LogP contribution in [-0.2, 0) is 28.7 Å². The number of rotatable bonds is 17. The van der Waals surface area contributed by atoms with E-state index >= 15 is 0 Å². The third-order valence-corrected chi connectivity index (χ3v) is 8.31. The molecule has 4 amide bonds. The molecule has 0 aromatic heterocycles. The van der Waals surface area contributed by atoms with Crippen molar-refractivity contribution in [1.82, 2.24) is 15.5 Å². The monoisotopic (exact) mass is 634 g/mol. The molecule has 0 aromatic carbocycles. The summed E-state index contributed by atoms with van der Waals surface area (Å²) in [6, 6.07) is -1.82. The van der Waals surface area contributed by atoms with Crippen LogP contribution in [0.25, 0.3) is 0 Å². The number of hydrogen-bond donors (Lipinski definition) is 4. The summed E-state index contributed by atoms with van der Waals surface area (Å²) in [5, 5.41) is 15.2. The van der Waals surface area contributed by atoms with Gasteiger partial charge in [-0.25, -0.2) is 4.79 Å². The normalized spacial score (nSPS) is 22.6. The van der Waals surface area contributed by atoms with Gasteiger partial charge in [0.15, 0.2) is 12.1 Å². The molecule has 0 aliphatic carbocycles. The minimum Gasteiger partial charge on any atom is -0.460 e. The Labute approximate surface area is 269 Å². The van der Waals surface area contributed by atoms with Crippen LogP contribution < -0.4 is 16.4 Å². The first-order valence-corrected chi connectivity index (χ1v) is 16.6. The van der Waals surface area contributed by atoms with Gasteiger partial charge < -0.3 is 31.1 Å². The van der Waals surface area contributed by atoms with Gasteiger partial charge >= 0.3 is 5.97 Å². The van der Waals surface area contributed by atoms with Crippen molar-refractivity contribution in [2.24, 2.45) is 23.5 Å². The van der Waals surface area contributed by atoms with E-state index in [-0.39, 0.29) is 11.6 Å². The van der Waals surface area contributed by atoms with Crippen molar-refractivity contribution in [3.63, 3.8) is 0 Å². The molecule has 256 valence electrons.